The van der Waals surface area contributed by atoms with Crippen LogP contribution in [0.4, 0.5) is 0 Å². The first-order valence-electron chi connectivity index (χ1n) is 9.15. The highest BCUT2D eigenvalue weighted by molar-refractivity contribution is 5.80. The van der Waals surface area contributed by atoms with Gasteiger partial charge < -0.3 is 10.0 Å². The molecule has 25 heavy (non-hydrogen) atoms. The van der Waals surface area contributed by atoms with Gasteiger partial charge in [-0.05, 0) is 32.4 Å². The third-order valence-electron chi connectivity index (χ3n) is 5.82. The molecule has 0 aromatic carbocycles. The van der Waals surface area contributed by atoms with Crippen LogP contribution in [0, 0.1) is 6.92 Å². The summed E-state index contributed by atoms with van der Waals surface area (Å²) < 4.78 is 1.57. The minimum Gasteiger partial charge on any atom is -0.479 e. The molecule has 0 bridgehead atoms. The number of piperidine rings is 1. The van der Waals surface area contributed by atoms with Gasteiger partial charge in [0.2, 0.25) is 5.91 Å². The first-order chi connectivity index (χ1) is 11.9. The van der Waals surface area contributed by atoms with Gasteiger partial charge in [0.15, 0.2) is 5.54 Å². The monoisotopic (exact) mass is 348 g/mol. The van der Waals surface area contributed by atoms with Gasteiger partial charge in [-0.25, -0.2) is 4.79 Å². The summed E-state index contributed by atoms with van der Waals surface area (Å²) in [5, 5.41) is 14.0. The zero-order valence-electron chi connectivity index (χ0n) is 15.1. The Balaban J connectivity index is 1.61. The van der Waals surface area contributed by atoms with Crippen molar-refractivity contribution in [1.82, 2.24) is 19.6 Å². The zero-order valence-corrected chi connectivity index (χ0v) is 15.1. The minimum absolute atomic E-state index is 0.102. The Kier molecular flexibility index (Phi) is 5.13. The molecule has 0 radical (unpaired) electrons. The van der Waals surface area contributed by atoms with E-state index in [0.717, 1.165) is 5.56 Å². The number of aliphatic carboxylic acids is 1. The first kappa shape index (κ1) is 17.9. The van der Waals surface area contributed by atoms with Crippen molar-refractivity contribution in [2.24, 2.45) is 0 Å². The standard InChI is InChI=1S/C18H28N4O3/c1-14-11-19-22(12-14)18(17(24)25)7-9-21(10-8-18)16(23)13-20(2)15-5-3-4-6-15/h11-12,15H,3-10,13H2,1-2H3,(H,24,25). The van der Waals surface area contributed by atoms with E-state index in [2.05, 4.69) is 10.00 Å². The molecule has 1 aliphatic heterocycles. The number of aromatic nitrogens is 2. The number of aryl methyl sites for hydroxylation is 1. The van der Waals surface area contributed by atoms with Crippen molar-refractivity contribution in [2.75, 3.05) is 26.7 Å². The molecule has 1 saturated heterocycles. The smallest absolute Gasteiger partial charge is 0.331 e. The number of hydrogen-bond donors (Lipinski definition) is 1. The lowest BCUT2D eigenvalue weighted by molar-refractivity contribution is -0.153. The predicted octanol–water partition coefficient (Wildman–Crippen LogP) is 1.47. The minimum atomic E-state index is -1.04. The maximum Gasteiger partial charge on any atom is 0.331 e. The normalized spacial score (nSPS) is 21.0. The van der Waals surface area contributed by atoms with Crippen LogP contribution in [0.5, 0.6) is 0 Å². The molecule has 0 atom stereocenters. The van der Waals surface area contributed by atoms with E-state index in [1.165, 1.54) is 25.7 Å². The van der Waals surface area contributed by atoms with Gasteiger partial charge in [0.1, 0.15) is 0 Å². The number of rotatable bonds is 5. The molecule has 7 nitrogen and oxygen atoms in total. The summed E-state index contributed by atoms with van der Waals surface area (Å²) in [7, 11) is 2.02. The Morgan fingerprint density at radius 2 is 1.96 bits per heavy atom. The summed E-state index contributed by atoms with van der Waals surface area (Å²) in [6, 6.07) is 0.513. The Morgan fingerprint density at radius 3 is 2.48 bits per heavy atom. The van der Waals surface area contributed by atoms with Crippen LogP contribution in [0.25, 0.3) is 0 Å². The third-order valence-corrected chi connectivity index (χ3v) is 5.82. The molecule has 2 aliphatic rings. The maximum atomic E-state index is 12.6. The van der Waals surface area contributed by atoms with Gasteiger partial charge in [0.25, 0.3) is 0 Å². The number of carbonyl (C=O) groups excluding carboxylic acids is 1. The molecule has 2 heterocycles. The second-order valence-corrected chi connectivity index (χ2v) is 7.53. The van der Waals surface area contributed by atoms with E-state index >= 15 is 0 Å². The van der Waals surface area contributed by atoms with Crippen LogP contribution >= 0.6 is 0 Å². The van der Waals surface area contributed by atoms with Crippen LogP contribution in [-0.4, -0.2) is 69.3 Å². The fraction of sp³-hybridized carbons (Fsp3) is 0.722. The second kappa shape index (κ2) is 7.15. The molecule has 1 amide bonds. The lowest BCUT2D eigenvalue weighted by Crippen LogP contribution is -2.54. The number of likely N-dealkylation sites (N-methyl/N-ethyl adjacent to an activating group) is 1. The van der Waals surface area contributed by atoms with Crippen LogP contribution in [0.2, 0.25) is 0 Å². The van der Waals surface area contributed by atoms with Crippen LogP contribution in [0.1, 0.15) is 44.1 Å². The number of nitrogens with zero attached hydrogens (tertiary/aromatic N) is 4. The fourth-order valence-electron chi connectivity index (χ4n) is 4.10. The van der Waals surface area contributed by atoms with E-state index in [1.54, 1.807) is 17.1 Å². The Labute approximate surface area is 148 Å². The van der Waals surface area contributed by atoms with Gasteiger partial charge >= 0.3 is 5.97 Å². The molecule has 0 unspecified atom stereocenters. The summed E-state index contributed by atoms with van der Waals surface area (Å²) in [5.41, 5.74) is -0.0973. The lowest BCUT2D eigenvalue weighted by Gasteiger charge is -2.39. The Hall–Kier alpha value is -1.89. The van der Waals surface area contributed by atoms with Crippen LogP contribution in [0.3, 0.4) is 0 Å². The number of amides is 1. The summed E-state index contributed by atoms with van der Waals surface area (Å²) in [4.78, 5) is 28.5. The number of likely N-dealkylation sites (tertiary alicyclic amines) is 1. The quantitative estimate of drug-likeness (QED) is 0.872. The second-order valence-electron chi connectivity index (χ2n) is 7.53. The molecule has 1 saturated carbocycles. The summed E-state index contributed by atoms with van der Waals surface area (Å²) in [5.74, 6) is -0.768. The van der Waals surface area contributed by atoms with Gasteiger partial charge in [-0.15, -0.1) is 0 Å². The van der Waals surface area contributed by atoms with Gasteiger partial charge in [-0.1, -0.05) is 12.8 Å². The maximum absolute atomic E-state index is 12.6. The molecule has 2 fully saturated rings. The SMILES string of the molecule is Cc1cnn(C2(C(=O)O)CCN(C(=O)CN(C)C3CCCC3)CC2)c1. The van der Waals surface area contributed by atoms with Gasteiger partial charge in [-0.3, -0.25) is 14.4 Å². The lowest BCUT2D eigenvalue weighted by atomic mass is 9.87. The largest absolute Gasteiger partial charge is 0.479 e. The van der Waals surface area contributed by atoms with Crippen molar-refractivity contribution >= 4 is 11.9 Å². The topological polar surface area (TPSA) is 78.7 Å². The van der Waals surface area contributed by atoms with Crippen molar-refractivity contribution in [3.63, 3.8) is 0 Å². The summed E-state index contributed by atoms with van der Waals surface area (Å²) in [6.07, 6.45) is 9.08. The van der Waals surface area contributed by atoms with E-state index in [4.69, 9.17) is 0 Å². The van der Waals surface area contributed by atoms with Crippen molar-refractivity contribution in [3.8, 4) is 0 Å². The van der Waals surface area contributed by atoms with Crippen LogP contribution in [-0.2, 0) is 15.1 Å². The van der Waals surface area contributed by atoms with Gasteiger partial charge in [0, 0.05) is 38.2 Å². The average Bonchev–Trinajstić information content (AvgIpc) is 3.26. The molecule has 1 aromatic rings. The van der Waals surface area contributed by atoms with E-state index in [0.29, 0.717) is 38.5 Å². The van der Waals surface area contributed by atoms with E-state index < -0.39 is 11.5 Å². The fourth-order valence-corrected chi connectivity index (χ4v) is 4.10. The van der Waals surface area contributed by atoms with Gasteiger partial charge in [-0.2, -0.15) is 5.10 Å². The Morgan fingerprint density at radius 1 is 1.32 bits per heavy atom. The van der Waals surface area contributed by atoms with Crippen molar-refractivity contribution in [3.05, 3.63) is 18.0 Å². The molecule has 7 heteroatoms. The molecule has 1 aromatic heterocycles. The molecule has 1 N–H and O–H groups in total. The molecule has 3 rings (SSSR count). The van der Waals surface area contributed by atoms with Gasteiger partial charge in [0.05, 0.1) is 12.7 Å². The zero-order chi connectivity index (χ0) is 18.0. The third kappa shape index (κ3) is 3.56. The molecular weight excluding hydrogens is 320 g/mol. The van der Waals surface area contributed by atoms with Crippen LogP contribution < -0.4 is 0 Å². The molecule has 1 aliphatic carbocycles. The average molecular weight is 348 g/mol. The predicted molar refractivity (Wildman–Crippen MR) is 93.3 cm³/mol. The molecular formula is C18H28N4O3. The number of hydrogen-bond acceptors (Lipinski definition) is 4. The molecule has 0 spiro atoms. The number of carbonyl (C=O) groups is 2. The number of carboxylic acid groups (broad SMARTS) is 1. The summed E-state index contributed by atoms with van der Waals surface area (Å²) in [6.45, 7) is 3.24. The Bertz CT molecular complexity index is 628. The summed E-state index contributed by atoms with van der Waals surface area (Å²) >= 11 is 0. The van der Waals surface area contributed by atoms with Crippen molar-refractivity contribution < 1.29 is 14.7 Å². The highest BCUT2D eigenvalue weighted by Crippen LogP contribution is 2.31. The van der Waals surface area contributed by atoms with E-state index in [9.17, 15) is 14.7 Å². The van der Waals surface area contributed by atoms with Crippen molar-refractivity contribution in [1.29, 1.82) is 0 Å². The molecule has 138 valence electrons. The van der Waals surface area contributed by atoms with E-state index in [1.807, 2.05) is 18.9 Å². The van der Waals surface area contributed by atoms with Crippen molar-refractivity contribution in [2.45, 2.75) is 57.0 Å². The number of carboxylic acids is 1. The highest BCUT2D eigenvalue weighted by Gasteiger charge is 2.45. The van der Waals surface area contributed by atoms with E-state index in [-0.39, 0.29) is 5.91 Å². The first-order valence-corrected chi connectivity index (χ1v) is 9.15. The highest BCUT2D eigenvalue weighted by atomic mass is 16.4. The van der Waals surface area contributed by atoms with Crippen LogP contribution in [0.15, 0.2) is 12.4 Å².